The van der Waals surface area contributed by atoms with Gasteiger partial charge < -0.3 is 15.4 Å². The minimum atomic E-state index is -0.433. The fourth-order valence-corrected chi connectivity index (χ4v) is 3.35. The number of fused-ring (bicyclic) bond motifs is 1. The van der Waals surface area contributed by atoms with E-state index < -0.39 is 5.91 Å². The number of hydrogen-bond acceptors (Lipinski definition) is 4. The van der Waals surface area contributed by atoms with Crippen LogP contribution in [0.2, 0.25) is 0 Å². The van der Waals surface area contributed by atoms with Gasteiger partial charge in [-0.3, -0.25) is 9.78 Å². The van der Waals surface area contributed by atoms with Crippen LogP contribution in [-0.4, -0.2) is 37.2 Å². The number of methoxy groups -OCH3 is 1. The molecule has 1 aromatic heterocycles. The largest absolute Gasteiger partial charge is 0.383 e. The fraction of sp³-hybridized carbons (Fsp3) is 0.412. The number of carbonyl (C=O) groups is 1. The second kappa shape index (κ2) is 5.93. The van der Waals surface area contributed by atoms with E-state index in [1.807, 2.05) is 25.1 Å². The number of pyridine rings is 1. The molecule has 0 saturated carbocycles. The van der Waals surface area contributed by atoms with E-state index in [1.165, 1.54) is 0 Å². The van der Waals surface area contributed by atoms with E-state index in [9.17, 15) is 4.79 Å². The molecule has 1 radical (unpaired) electrons. The maximum absolute atomic E-state index is 12.0. The van der Waals surface area contributed by atoms with Gasteiger partial charge in [0.1, 0.15) is 0 Å². The first kappa shape index (κ1) is 14.8. The molecule has 0 bridgehead atoms. The van der Waals surface area contributed by atoms with Crippen molar-refractivity contribution in [2.45, 2.75) is 25.8 Å². The van der Waals surface area contributed by atoms with Gasteiger partial charge in [0.05, 0.1) is 35.1 Å². The number of aryl methyl sites for hydroxylation is 1. The van der Waals surface area contributed by atoms with Gasteiger partial charge in [0.25, 0.3) is 5.91 Å². The molecular formula is C17H20N3O2. The van der Waals surface area contributed by atoms with E-state index in [1.54, 1.807) is 7.11 Å². The molecule has 0 aliphatic carbocycles. The third-order valence-electron chi connectivity index (χ3n) is 4.25. The molecule has 1 aliphatic heterocycles. The Labute approximate surface area is 130 Å². The number of carbonyl (C=O) groups excluding carboxylic acids is 1. The predicted molar refractivity (Wildman–Crippen MR) is 86.1 cm³/mol. The number of benzene rings is 1. The first-order valence-corrected chi connectivity index (χ1v) is 7.49. The molecule has 1 aromatic carbocycles. The van der Waals surface area contributed by atoms with E-state index in [4.69, 9.17) is 10.5 Å². The Morgan fingerprint density at radius 3 is 3.14 bits per heavy atom. The zero-order valence-corrected chi connectivity index (χ0v) is 12.9. The van der Waals surface area contributed by atoms with Crippen molar-refractivity contribution < 1.29 is 9.53 Å². The van der Waals surface area contributed by atoms with Gasteiger partial charge in [-0.25, -0.2) is 0 Å². The summed E-state index contributed by atoms with van der Waals surface area (Å²) in [4.78, 5) is 18.8. The van der Waals surface area contributed by atoms with Gasteiger partial charge in [-0.2, -0.15) is 0 Å². The van der Waals surface area contributed by atoms with Crippen LogP contribution in [-0.2, 0) is 4.74 Å². The highest BCUT2D eigenvalue weighted by molar-refractivity contribution is 6.08. The van der Waals surface area contributed by atoms with E-state index in [-0.39, 0.29) is 6.04 Å². The highest BCUT2D eigenvalue weighted by Crippen LogP contribution is 2.36. The molecule has 1 amide bonds. The zero-order valence-electron chi connectivity index (χ0n) is 12.9. The Bertz CT molecular complexity index is 714. The molecule has 0 unspecified atom stereocenters. The molecule has 5 heteroatoms. The smallest absolute Gasteiger partial charge is 0.252 e. The lowest BCUT2D eigenvalue weighted by atomic mass is 10.0. The summed E-state index contributed by atoms with van der Waals surface area (Å²) >= 11 is 0. The second-order valence-corrected chi connectivity index (χ2v) is 5.67. The van der Waals surface area contributed by atoms with Crippen molar-refractivity contribution in [2.24, 2.45) is 5.73 Å². The highest BCUT2D eigenvalue weighted by atomic mass is 16.5. The van der Waals surface area contributed by atoms with E-state index in [0.29, 0.717) is 17.9 Å². The molecule has 2 N–H and O–H groups in total. The Hall–Kier alpha value is -2.14. The van der Waals surface area contributed by atoms with Gasteiger partial charge in [-0.15, -0.1) is 0 Å². The van der Waals surface area contributed by atoms with Crippen LogP contribution in [0.25, 0.3) is 10.9 Å². The molecule has 5 nitrogen and oxygen atoms in total. The summed E-state index contributed by atoms with van der Waals surface area (Å²) in [5, 5.41) is 0.946. The quantitative estimate of drug-likeness (QED) is 0.938. The summed E-state index contributed by atoms with van der Waals surface area (Å²) in [6.45, 7) is 3.36. The molecule has 2 aromatic rings. The SMILES string of the molecule is COC[C@@H]1CCCN1c1c(C(N)=O)c(C)nc2c[c]ccc12. The molecule has 3 rings (SSSR count). The zero-order chi connectivity index (χ0) is 15.7. The number of ether oxygens (including phenoxy) is 1. The van der Waals surface area contributed by atoms with Crippen LogP contribution in [0.1, 0.15) is 28.9 Å². The summed E-state index contributed by atoms with van der Waals surface area (Å²) < 4.78 is 5.34. The Kier molecular flexibility index (Phi) is 3.98. The van der Waals surface area contributed by atoms with Gasteiger partial charge in [0.2, 0.25) is 0 Å². The molecule has 2 heterocycles. The minimum Gasteiger partial charge on any atom is -0.383 e. The van der Waals surface area contributed by atoms with Crippen LogP contribution in [0.5, 0.6) is 0 Å². The fourth-order valence-electron chi connectivity index (χ4n) is 3.35. The molecule has 1 aliphatic rings. The van der Waals surface area contributed by atoms with Crippen molar-refractivity contribution in [1.29, 1.82) is 0 Å². The number of rotatable bonds is 4. The topological polar surface area (TPSA) is 68.5 Å². The summed E-state index contributed by atoms with van der Waals surface area (Å²) in [5.41, 5.74) is 8.56. The van der Waals surface area contributed by atoms with Gasteiger partial charge in [-0.05, 0) is 31.9 Å². The Morgan fingerprint density at radius 2 is 2.41 bits per heavy atom. The van der Waals surface area contributed by atoms with Crippen molar-refractivity contribution >= 4 is 22.5 Å². The monoisotopic (exact) mass is 298 g/mol. The van der Waals surface area contributed by atoms with Crippen LogP contribution in [0, 0.1) is 13.0 Å². The number of hydrogen-bond donors (Lipinski definition) is 1. The second-order valence-electron chi connectivity index (χ2n) is 5.67. The molecule has 115 valence electrons. The first-order chi connectivity index (χ1) is 10.6. The van der Waals surface area contributed by atoms with Crippen LogP contribution in [0.4, 0.5) is 5.69 Å². The van der Waals surface area contributed by atoms with Crippen molar-refractivity contribution in [3.8, 4) is 0 Å². The summed E-state index contributed by atoms with van der Waals surface area (Å²) in [6, 6.07) is 8.94. The van der Waals surface area contributed by atoms with Gasteiger partial charge in [0.15, 0.2) is 0 Å². The highest BCUT2D eigenvalue weighted by Gasteiger charge is 2.30. The normalized spacial score (nSPS) is 18.1. The lowest BCUT2D eigenvalue weighted by Crippen LogP contribution is -2.35. The maximum Gasteiger partial charge on any atom is 0.252 e. The van der Waals surface area contributed by atoms with E-state index in [0.717, 1.165) is 36.0 Å². The third kappa shape index (κ3) is 2.41. The molecule has 0 spiro atoms. The number of anilines is 1. The summed E-state index contributed by atoms with van der Waals surface area (Å²) in [6.07, 6.45) is 2.13. The molecule has 1 fully saturated rings. The van der Waals surface area contributed by atoms with Gasteiger partial charge in [0, 0.05) is 19.0 Å². The Balaban J connectivity index is 2.25. The van der Waals surface area contributed by atoms with E-state index >= 15 is 0 Å². The Morgan fingerprint density at radius 1 is 1.59 bits per heavy atom. The average Bonchev–Trinajstić information content (AvgIpc) is 2.93. The van der Waals surface area contributed by atoms with Crippen LogP contribution < -0.4 is 10.6 Å². The average molecular weight is 298 g/mol. The number of nitrogens with two attached hydrogens (primary N) is 1. The molecule has 1 atom stereocenters. The lowest BCUT2D eigenvalue weighted by molar-refractivity contribution is 0.0999. The van der Waals surface area contributed by atoms with Crippen molar-refractivity contribution in [1.82, 2.24) is 4.98 Å². The van der Waals surface area contributed by atoms with Crippen molar-refractivity contribution in [2.75, 3.05) is 25.2 Å². The number of amides is 1. The third-order valence-corrected chi connectivity index (χ3v) is 4.25. The van der Waals surface area contributed by atoms with E-state index in [2.05, 4.69) is 16.0 Å². The van der Waals surface area contributed by atoms with Crippen molar-refractivity contribution in [3.05, 3.63) is 35.5 Å². The van der Waals surface area contributed by atoms with Crippen LogP contribution in [0.15, 0.2) is 18.2 Å². The number of aromatic nitrogens is 1. The first-order valence-electron chi connectivity index (χ1n) is 7.49. The predicted octanol–water partition coefficient (Wildman–Crippen LogP) is 2.06. The van der Waals surface area contributed by atoms with Crippen LogP contribution >= 0.6 is 0 Å². The molecule has 22 heavy (non-hydrogen) atoms. The standard InChI is InChI=1S/C17H20N3O2/c1-11-15(17(18)21)16(13-7-3-4-8-14(13)19-11)20-9-5-6-12(20)10-22-2/h3,7-8,12H,5-6,9-10H2,1-2H3,(H2,18,21)/t12-/m0/s1. The summed E-state index contributed by atoms with van der Waals surface area (Å²) in [5.74, 6) is -0.433. The summed E-state index contributed by atoms with van der Waals surface area (Å²) in [7, 11) is 1.70. The maximum atomic E-state index is 12.0. The number of nitrogens with zero attached hydrogens (tertiary/aromatic N) is 2. The van der Waals surface area contributed by atoms with Crippen molar-refractivity contribution in [3.63, 3.8) is 0 Å². The van der Waals surface area contributed by atoms with Gasteiger partial charge >= 0.3 is 0 Å². The molecular weight excluding hydrogens is 278 g/mol. The number of primary amides is 1. The lowest BCUT2D eigenvalue weighted by Gasteiger charge is -2.29. The molecule has 1 saturated heterocycles. The van der Waals surface area contributed by atoms with Crippen LogP contribution in [0.3, 0.4) is 0 Å². The van der Waals surface area contributed by atoms with Gasteiger partial charge in [-0.1, -0.05) is 12.1 Å². The minimum absolute atomic E-state index is 0.261.